The number of likely N-dealkylation sites (tertiary alicyclic amines) is 1. The first kappa shape index (κ1) is 18.9. The van der Waals surface area contributed by atoms with Gasteiger partial charge in [-0.2, -0.15) is 0 Å². The van der Waals surface area contributed by atoms with E-state index in [0.29, 0.717) is 6.04 Å². The van der Waals surface area contributed by atoms with Gasteiger partial charge in [0.2, 0.25) is 0 Å². The van der Waals surface area contributed by atoms with Crippen molar-refractivity contribution in [3.8, 4) is 11.5 Å². The summed E-state index contributed by atoms with van der Waals surface area (Å²) in [6.45, 7) is 8.62. The van der Waals surface area contributed by atoms with Crippen molar-refractivity contribution in [3.63, 3.8) is 0 Å². The molecule has 0 aromatic heterocycles. The zero-order valence-corrected chi connectivity index (χ0v) is 16.7. The highest BCUT2D eigenvalue weighted by molar-refractivity contribution is 5.40. The normalized spacial score (nSPS) is 24.9. The maximum absolute atomic E-state index is 9.78. The molecule has 3 aliphatic rings. The summed E-state index contributed by atoms with van der Waals surface area (Å²) in [6.07, 6.45) is 0. The summed E-state index contributed by atoms with van der Waals surface area (Å²) >= 11 is 0. The van der Waals surface area contributed by atoms with Crippen LogP contribution >= 0.6 is 0 Å². The number of benzene rings is 2. The molecule has 3 saturated heterocycles. The fourth-order valence-electron chi connectivity index (χ4n) is 5.37. The largest absolute Gasteiger partial charge is 0.504 e. The molecule has 3 aliphatic heterocycles. The number of ether oxygens (including phenoxy) is 1. The summed E-state index contributed by atoms with van der Waals surface area (Å²) < 4.78 is 5.81. The summed E-state index contributed by atoms with van der Waals surface area (Å²) in [5.41, 5.74) is 2.58. The zero-order chi connectivity index (χ0) is 19.8. The van der Waals surface area contributed by atoms with Crippen molar-refractivity contribution in [1.82, 2.24) is 14.7 Å². The molecule has 6 nitrogen and oxygen atoms in total. The topological polar surface area (TPSA) is 59.4 Å². The predicted octanol–water partition coefficient (Wildman–Crippen LogP) is 1.87. The van der Waals surface area contributed by atoms with Crippen LogP contribution in [-0.4, -0.2) is 82.4 Å². The van der Waals surface area contributed by atoms with E-state index < -0.39 is 0 Å². The average molecular weight is 396 g/mol. The van der Waals surface area contributed by atoms with Gasteiger partial charge in [0.05, 0.1) is 18.8 Å². The van der Waals surface area contributed by atoms with Gasteiger partial charge in [0.25, 0.3) is 0 Å². The van der Waals surface area contributed by atoms with Crippen molar-refractivity contribution in [3.05, 3.63) is 59.7 Å². The van der Waals surface area contributed by atoms with Crippen LogP contribution in [0.25, 0.3) is 0 Å². The van der Waals surface area contributed by atoms with Gasteiger partial charge in [0, 0.05) is 51.9 Å². The molecular formula is C23H29N3O3. The van der Waals surface area contributed by atoms with Gasteiger partial charge < -0.3 is 14.9 Å². The minimum atomic E-state index is -0.0613. The number of fused-ring (bicyclic) bond motifs is 2. The highest BCUT2D eigenvalue weighted by Crippen LogP contribution is 2.37. The first-order chi connectivity index (χ1) is 14.1. The van der Waals surface area contributed by atoms with E-state index in [2.05, 4.69) is 45.0 Å². The first-order valence-electron chi connectivity index (χ1n) is 10.5. The fraction of sp³-hybridized carbons (Fsp3) is 0.478. The van der Waals surface area contributed by atoms with Crippen LogP contribution in [0, 0.1) is 0 Å². The third-order valence-electron chi connectivity index (χ3n) is 6.55. The molecule has 1 spiro atoms. The van der Waals surface area contributed by atoms with Crippen molar-refractivity contribution in [1.29, 1.82) is 0 Å². The summed E-state index contributed by atoms with van der Waals surface area (Å²) in [4.78, 5) is 7.72. The number of aromatic hydroxyl groups is 2. The van der Waals surface area contributed by atoms with E-state index in [-0.39, 0.29) is 17.0 Å². The van der Waals surface area contributed by atoms with Gasteiger partial charge in [-0.3, -0.25) is 14.7 Å². The highest BCUT2D eigenvalue weighted by Gasteiger charge is 2.53. The molecule has 0 unspecified atom stereocenters. The molecule has 2 aromatic carbocycles. The van der Waals surface area contributed by atoms with E-state index in [9.17, 15) is 10.2 Å². The van der Waals surface area contributed by atoms with E-state index in [4.69, 9.17) is 4.74 Å². The minimum Gasteiger partial charge on any atom is -0.504 e. The predicted molar refractivity (Wildman–Crippen MR) is 111 cm³/mol. The second kappa shape index (κ2) is 7.61. The standard InChI is InChI=1S/C23H29N3O3/c27-21-7-6-19(10-22(21)28)12-25-16-23(17-25)15-24(11-18-4-2-1-3-5-18)13-20-14-29-9-8-26(20)23/h1-7,10,20,27-28H,8-9,11-17H2/t20-/m1/s1. The van der Waals surface area contributed by atoms with Crippen molar-refractivity contribution in [2.75, 3.05) is 45.9 Å². The SMILES string of the molecule is Oc1ccc(CN2CC3(CN(Cc4ccccc4)C[C@@H]4COCCN43)C2)cc1O. The lowest BCUT2D eigenvalue weighted by molar-refractivity contribution is -0.168. The van der Waals surface area contributed by atoms with Crippen LogP contribution in [0.2, 0.25) is 0 Å². The summed E-state index contributed by atoms with van der Waals surface area (Å²) in [5, 5.41) is 19.3. The molecule has 0 amide bonds. The summed E-state index contributed by atoms with van der Waals surface area (Å²) in [6, 6.07) is 16.3. The van der Waals surface area contributed by atoms with Crippen LogP contribution < -0.4 is 0 Å². The van der Waals surface area contributed by atoms with Crippen LogP contribution in [0.15, 0.2) is 48.5 Å². The van der Waals surface area contributed by atoms with Crippen LogP contribution in [-0.2, 0) is 17.8 Å². The first-order valence-corrected chi connectivity index (χ1v) is 10.5. The van der Waals surface area contributed by atoms with Crippen molar-refractivity contribution >= 4 is 0 Å². The quantitative estimate of drug-likeness (QED) is 0.771. The lowest BCUT2D eigenvalue weighted by atomic mass is 9.82. The van der Waals surface area contributed by atoms with Crippen molar-refractivity contribution in [2.45, 2.75) is 24.7 Å². The molecular weight excluding hydrogens is 366 g/mol. The zero-order valence-electron chi connectivity index (χ0n) is 16.7. The van der Waals surface area contributed by atoms with Gasteiger partial charge in [-0.15, -0.1) is 0 Å². The van der Waals surface area contributed by atoms with Crippen molar-refractivity contribution in [2.24, 2.45) is 0 Å². The molecule has 0 aliphatic carbocycles. The number of nitrogens with zero attached hydrogens (tertiary/aromatic N) is 3. The van der Waals surface area contributed by atoms with Gasteiger partial charge in [0.1, 0.15) is 0 Å². The molecule has 2 aromatic rings. The number of hydrogen-bond donors (Lipinski definition) is 2. The van der Waals surface area contributed by atoms with Crippen LogP contribution in [0.4, 0.5) is 0 Å². The molecule has 0 bridgehead atoms. The second-order valence-corrected chi connectivity index (χ2v) is 8.77. The van der Waals surface area contributed by atoms with Gasteiger partial charge in [-0.1, -0.05) is 36.4 Å². The smallest absolute Gasteiger partial charge is 0.157 e. The Balaban J connectivity index is 1.29. The van der Waals surface area contributed by atoms with E-state index in [0.717, 1.165) is 64.6 Å². The van der Waals surface area contributed by atoms with E-state index in [1.54, 1.807) is 12.1 Å². The van der Waals surface area contributed by atoms with E-state index in [1.165, 1.54) is 5.56 Å². The molecule has 6 heteroatoms. The Bertz CT molecular complexity index is 854. The van der Waals surface area contributed by atoms with Gasteiger partial charge in [-0.25, -0.2) is 0 Å². The molecule has 29 heavy (non-hydrogen) atoms. The van der Waals surface area contributed by atoms with Crippen LogP contribution in [0.5, 0.6) is 11.5 Å². The average Bonchev–Trinajstić information content (AvgIpc) is 2.70. The molecule has 154 valence electrons. The Labute approximate surface area is 171 Å². The Morgan fingerprint density at radius 3 is 2.45 bits per heavy atom. The number of hydrogen-bond acceptors (Lipinski definition) is 6. The lowest BCUT2D eigenvalue weighted by Gasteiger charge is -2.63. The third kappa shape index (κ3) is 3.73. The number of rotatable bonds is 4. The minimum absolute atomic E-state index is 0.0438. The van der Waals surface area contributed by atoms with Gasteiger partial charge in [-0.05, 0) is 23.3 Å². The molecule has 1 atom stereocenters. The Morgan fingerprint density at radius 1 is 0.897 bits per heavy atom. The summed E-state index contributed by atoms with van der Waals surface area (Å²) in [7, 11) is 0. The Kier molecular flexibility index (Phi) is 4.95. The number of piperazine rings is 1. The van der Waals surface area contributed by atoms with Gasteiger partial charge >= 0.3 is 0 Å². The molecule has 0 saturated carbocycles. The molecule has 0 radical (unpaired) electrons. The molecule has 5 rings (SSSR count). The Hall–Kier alpha value is -2.12. The highest BCUT2D eigenvalue weighted by atomic mass is 16.5. The van der Waals surface area contributed by atoms with E-state index in [1.807, 2.05) is 6.07 Å². The number of phenolic OH excluding ortho intramolecular Hbond substituents is 2. The third-order valence-corrected chi connectivity index (χ3v) is 6.55. The van der Waals surface area contributed by atoms with Crippen molar-refractivity contribution < 1.29 is 14.9 Å². The molecule has 2 N–H and O–H groups in total. The maximum Gasteiger partial charge on any atom is 0.157 e. The van der Waals surface area contributed by atoms with Gasteiger partial charge in [0.15, 0.2) is 11.5 Å². The fourth-order valence-corrected chi connectivity index (χ4v) is 5.37. The molecule has 3 fully saturated rings. The molecule has 3 heterocycles. The Morgan fingerprint density at radius 2 is 1.66 bits per heavy atom. The number of morpholine rings is 1. The second-order valence-electron chi connectivity index (χ2n) is 8.77. The number of phenols is 2. The summed E-state index contributed by atoms with van der Waals surface area (Å²) in [5.74, 6) is -0.105. The van der Waals surface area contributed by atoms with Crippen LogP contribution in [0.3, 0.4) is 0 Å². The monoisotopic (exact) mass is 395 g/mol. The lowest BCUT2D eigenvalue weighted by Crippen LogP contribution is -2.80. The van der Waals surface area contributed by atoms with E-state index >= 15 is 0 Å². The maximum atomic E-state index is 9.78. The van der Waals surface area contributed by atoms with Crippen LogP contribution in [0.1, 0.15) is 11.1 Å².